The molecule has 0 saturated heterocycles. The van der Waals surface area contributed by atoms with Crippen molar-refractivity contribution < 1.29 is 14.6 Å². The zero-order chi connectivity index (χ0) is 16.8. The maximum atomic E-state index is 11.7. The molecule has 0 saturated carbocycles. The Morgan fingerprint density at radius 2 is 2.00 bits per heavy atom. The van der Waals surface area contributed by atoms with Gasteiger partial charge >= 0.3 is 5.97 Å². The van der Waals surface area contributed by atoms with Gasteiger partial charge in [0.05, 0.1) is 12.7 Å². The summed E-state index contributed by atoms with van der Waals surface area (Å²) in [6, 6.07) is 12.9. The monoisotopic (exact) mass is 313 g/mol. The molecule has 0 aliphatic rings. The Bertz CT molecular complexity index is 678. The molecule has 2 aromatic rings. The Labute approximate surface area is 136 Å². The smallest absolute Gasteiger partial charge is 0.338 e. The van der Waals surface area contributed by atoms with Crippen molar-refractivity contribution in [1.82, 2.24) is 0 Å². The summed E-state index contributed by atoms with van der Waals surface area (Å²) in [6.07, 6.45) is 1.96. The Morgan fingerprint density at radius 1 is 1.22 bits per heavy atom. The highest BCUT2D eigenvalue weighted by atomic mass is 16.5. The van der Waals surface area contributed by atoms with E-state index < -0.39 is 5.97 Å². The number of rotatable bonds is 6. The van der Waals surface area contributed by atoms with E-state index in [2.05, 4.69) is 19.1 Å². The molecular formula is C19H23NO3. The second kappa shape index (κ2) is 7.79. The molecule has 4 heteroatoms. The molecule has 0 amide bonds. The molecule has 0 fully saturated rings. The van der Waals surface area contributed by atoms with Crippen LogP contribution in [0.15, 0.2) is 42.5 Å². The average molecular weight is 313 g/mol. The fourth-order valence-corrected chi connectivity index (χ4v) is 2.62. The van der Waals surface area contributed by atoms with Crippen molar-refractivity contribution in [3.63, 3.8) is 0 Å². The SMILES string of the molecule is CCC(CN)Cc1cccc(-c2cc(O)cc(C(=O)OC)c2)c1. The number of hydrogen-bond acceptors (Lipinski definition) is 4. The number of benzene rings is 2. The highest BCUT2D eigenvalue weighted by molar-refractivity contribution is 5.91. The van der Waals surface area contributed by atoms with Crippen LogP contribution in [0.5, 0.6) is 5.75 Å². The first-order valence-electron chi connectivity index (χ1n) is 7.79. The maximum Gasteiger partial charge on any atom is 0.338 e. The molecule has 2 aromatic carbocycles. The predicted octanol–water partition coefficient (Wildman–Crippen LogP) is 3.37. The summed E-state index contributed by atoms with van der Waals surface area (Å²) >= 11 is 0. The number of nitrogens with two attached hydrogens (primary N) is 1. The van der Waals surface area contributed by atoms with Gasteiger partial charge in [0, 0.05) is 0 Å². The lowest BCUT2D eigenvalue weighted by molar-refractivity contribution is 0.0600. The van der Waals surface area contributed by atoms with E-state index in [0.29, 0.717) is 18.0 Å². The fraction of sp³-hybridized carbons (Fsp3) is 0.316. The van der Waals surface area contributed by atoms with Crippen LogP contribution in [0.1, 0.15) is 29.3 Å². The van der Waals surface area contributed by atoms with Crippen LogP contribution in [-0.2, 0) is 11.2 Å². The van der Waals surface area contributed by atoms with Crippen molar-refractivity contribution in [2.45, 2.75) is 19.8 Å². The molecule has 1 unspecified atom stereocenters. The second-order valence-corrected chi connectivity index (χ2v) is 5.67. The van der Waals surface area contributed by atoms with Gasteiger partial charge in [-0.05, 0) is 53.8 Å². The summed E-state index contributed by atoms with van der Waals surface area (Å²) in [6.45, 7) is 2.80. The van der Waals surface area contributed by atoms with Gasteiger partial charge < -0.3 is 15.6 Å². The molecule has 4 nitrogen and oxygen atoms in total. The van der Waals surface area contributed by atoms with Gasteiger partial charge in [0.1, 0.15) is 5.75 Å². The highest BCUT2D eigenvalue weighted by Crippen LogP contribution is 2.27. The molecule has 1 atom stereocenters. The number of esters is 1. The third-order valence-corrected chi connectivity index (χ3v) is 4.03. The number of hydrogen-bond donors (Lipinski definition) is 2. The topological polar surface area (TPSA) is 72.5 Å². The number of phenols is 1. The van der Waals surface area contributed by atoms with E-state index in [-0.39, 0.29) is 5.75 Å². The summed E-state index contributed by atoms with van der Waals surface area (Å²) in [5.74, 6) is 0.0363. The summed E-state index contributed by atoms with van der Waals surface area (Å²) in [7, 11) is 1.32. The van der Waals surface area contributed by atoms with E-state index in [1.54, 1.807) is 12.1 Å². The van der Waals surface area contributed by atoms with Crippen LogP contribution in [0.4, 0.5) is 0 Å². The van der Waals surface area contributed by atoms with Gasteiger partial charge in [0.15, 0.2) is 0 Å². The quantitative estimate of drug-likeness (QED) is 0.802. The van der Waals surface area contributed by atoms with Crippen LogP contribution in [0.25, 0.3) is 11.1 Å². The Kier molecular flexibility index (Phi) is 5.77. The Balaban J connectivity index is 2.35. The van der Waals surface area contributed by atoms with Gasteiger partial charge in [-0.3, -0.25) is 0 Å². The fourth-order valence-electron chi connectivity index (χ4n) is 2.62. The molecule has 0 aliphatic heterocycles. The number of methoxy groups -OCH3 is 1. The molecule has 0 radical (unpaired) electrons. The third kappa shape index (κ3) is 4.33. The summed E-state index contributed by atoms with van der Waals surface area (Å²) in [4.78, 5) is 11.7. The highest BCUT2D eigenvalue weighted by Gasteiger charge is 2.11. The van der Waals surface area contributed by atoms with Crippen LogP contribution in [0.2, 0.25) is 0 Å². The van der Waals surface area contributed by atoms with Gasteiger partial charge in [-0.2, -0.15) is 0 Å². The van der Waals surface area contributed by atoms with Crippen LogP contribution in [-0.4, -0.2) is 24.7 Å². The molecular weight excluding hydrogens is 290 g/mol. The van der Waals surface area contributed by atoms with E-state index in [4.69, 9.17) is 10.5 Å². The molecule has 23 heavy (non-hydrogen) atoms. The van der Waals surface area contributed by atoms with Crippen molar-refractivity contribution in [2.75, 3.05) is 13.7 Å². The number of carbonyl (C=O) groups excluding carboxylic acids is 1. The van der Waals surface area contributed by atoms with Gasteiger partial charge in [-0.1, -0.05) is 37.6 Å². The zero-order valence-corrected chi connectivity index (χ0v) is 13.6. The molecule has 3 N–H and O–H groups in total. The molecule has 0 aliphatic carbocycles. The van der Waals surface area contributed by atoms with E-state index >= 15 is 0 Å². The van der Waals surface area contributed by atoms with Crippen LogP contribution in [0.3, 0.4) is 0 Å². The van der Waals surface area contributed by atoms with Crippen molar-refractivity contribution in [3.8, 4) is 16.9 Å². The summed E-state index contributed by atoms with van der Waals surface area (Å²) < 4.78 is 4.72. The second-order valence-electron chi connectivity index (χ2n) is 5.67. The molecule has 2 rings (SSSR count). The largest absolute Gasteiger partial charge is 0.508 e. The summed E-state index contributed by atoms with van der Waals surface area (Å²) in [5.41, 5.74) is 9.06. The molecule has 0 bridgehead atoms. The molecule has 122 valence electrons. The first-order valence-corrected chi connectivity index (χ1v) is 7.79. The first kappa shape index (κ1) is 17.0. The average Bonchev–Trinajstić information content (AvgIpc) is 2.58. The van der Waals surface area contributed by atoms with Gasteiger partial charge in [-0.15, -0.1) is 0 Å². The van der Waals surface area contributed by atoms with E-state index in [1.807, 2.05) is 12.1 Å². The molecule has 0 spiro atoms. The first-order chi connectivity index (χ1) is 11.1. The lowest BCUT2D eigenvalue weighted by atomic mass is 9.94. The lowest BCUT2D eigenvalue weighted by Crippen LogP contribution is -2.15. The zero-order valence-electron chi connectivity index (χ0n) is 13.6. The van der Waals surface area contributed by atoms with Crippen LogP contribution in [0, 0.1) is 5.92 Å². The number of ether oxygens (including phenoxy) is 1. The maximum absolute atomic E-state index is 11.7. The van der Waals surface area contributed by atoms with Crippen molar-refractivity contribution in [2.24, 2.45) is 11.7 Å². The van der Waals surface area contributed by atoms with Crippen LogP contribution >= 0.6 is 0 Å². The number of carbonyl (C=O) groups is 1. The Hall–Kier alpha value is -2.33. The minimum Gasteiger partial charge on any atom is -0.508 e. The molecule has 0 heterocycles. The molecule has 0 aromatic heterocycles. The number of phenolic OH excluding ortho intramolecular Hbond substituents is 1. The van der Waals surface area contributed by atoms with Gasteiger partial charge in [-0.25, -0.2) is 4.79 Å². The van der Waals surface area contributed by atoms with Gasteiger partial charge in [0.25, 0.3) is 0 Å². The predicted molar refractivity (Wildman–Crippen MR) is 91.4 cm³/mol. The minimum atomic E-state index is -0.465. The minimum absolute atomic E-state index is 0.0432. The number of aromatic hydroxyl groups is 1. The van der Waals surface area contributed by atoms with E-state index in [1.165, 1.54) is 18.7 Å². The van der Waals surface area contributed by atoms with Crippen molar-refractivity contribution in [1.29, 1.82) is 0 Å². The van der Waals surface area contributed by atoms with Crippen LogP contribution < -0.4 is 5.73 Å². The standard InChI is InChI=1S/C19H23NO3/c1-3-13(12-20)7-14-5-4-6-15(8-14)16-9-17(19(22)23-2)11-18(21)10-16/h4-6,8-11,13,21H,3,7,12,20H2,1-2H3. The lowest BCUT2D eigenvalue weighted by Gasteiger charge is -2.13. The third-order valence-electron chi connectivity index (χ3n) is 4.03. The van der Waals surface area contributed by atoms with E-state index in [0.717, 1.165) is 24.0 Å². The Morgan fingerprint density at radius 3 is 2.65 bits per heavy atom. The van der Waals surface area contributed by atoms with Gasteiger partial charge in [0.2, 0.25) is 0 Å². The van der Waals surface area contributed by atoms with Crippen molar-refractivity contribution in [3.05, 3.63) is 53.6 Å². The normalized spacial score (nSPS) is 12.0. The van der Waals surface area contributed by atoms with E-state index in [9.17, 15) is 9.90 Å². The summed E-state index contributed by atoms with van der Waals surface area (Å²) in [5, 5.41) is 9.87. The van der Waals surface area contributed by atoms with Crippen molar-refractivity contribution >= 4 is 5.97 Å².